The molecule has 4 nitrogen and oxygen atoms in total. The van der Waals surface area contributed by atoms with E-state index in [4.69, 9.17) is 15.0 Å². The molecule has 0 amide bonds. The fourth-order valence-electron chi connectivity index (χ4n) is 7.84. The molecule has 54 heavy (non-hydrogen) atoms. The van der Waals surface area contributed by atoms with Gasteiger partial charge in [-0.1, -0.05) is 152 Å². The van der Waals surface area contributed by atoms with Gasteiger partial charge in [0.2, 0.25) is 5.95 Å². The van der Waals surface area contributed by atoms with Crippen molar-refractivity contribution in [3.8, 4) is 50.0 Å². The second-order valence-electron chi connectivity index (χ2n) is 13.6. The SMILES string of the molecule is c1ccc(-c2ccc3c(c2)c2cc4sc(-c5ccccc5)nc4cc2n3-c2nc(-c3ccc(-c4cccc5ccccc45)cc3)c3ccccc3n2)cc1. The van der Waals surface area contributed by atoms with E-state index in [2.05, 4.69) is 180 Å². The van der Waals surface area contributed by atoms with Crippen LogP contribution in [-0.2, 0) is 0 Å². The number of aromatic nitrogens is 4. The van der Waals surface area contributed by atoms with Gasteiger partial charge in [0.15, 0.2) is 0 Å². The molecule has 0 bridgehead atoms. The summed E-state index contributed by atoms with van der Waals surface area (Å²) in [5, 5.41) is 6.81. The standard InChI is InChI=1S/C49H30N4S/c1-3-12-31(13-4-1)36-26-27-44-40(28-36)41-29-46-43(50-48(54-46)35-15-5-2-6-16-35)30-45(41)53(44)49-51-42-21-10-9-19-39(42)47(52-49)34-24-22-33(23-25-34)38-20-11-17-32-14-7-8-18-37(32)38/h1-30H. The van der Waals surface area contributed by atoms with Gasteiger partial charge in [0.05, 0.1) is 32.5 Å². The Bertz CT molecular complexity index is 3190. The summed E-state index contributed by atoms with van der Waals surface area (Å²) >= 11 is 1.73. The molecule has 0 spiro atoms. The van der Waals surface area contributed by atoms with Gasteiger partial charge in [0.1, 0.15) is 5.01 Å². The minimum Gasteiger partial charge on any atom is -0.278 e. The highest BCUT2D eigenvalue weighted by Gasteiger charge is 2.20. The van der Waals surface area contributed by atoms with Gasteiger partial charge in [-0.3, -0.25) is 4.57 Å². The number of para-hydroxylation sites is 1. The highest BCUT2D eigenvalue weighted by molar-refractivity contribution is 7.21. The van der Waals surface area contributed by atoms with E-state index < -0.39 is 0 Å². The number of fused-ring (bicyclic) bond motifs is 6. The average Bonchev–Trinajstić information content (AvgIpc) is 3.81. The largest absolute Gasteiger partial charge is 0.278 e. The molecule has 0 N–H and O–H groups in total. The van der Waals surface area contributed by atoms with E-state index in [1.54, 1.807) is 11.3 Å². The highest BCUT2D eigenvalue weighted by atomic mass is 32.1. The summed E-state index contributed by atoms with van der Waals surface area (Å²) in [6.45, 7) is 0. The number of rotatable bonds is 5. The zero-order valence-electron chi connectivity index (χ0n) is 29.0. The van der Waals surface area contributed by atoms with Crippen molar-refractivity contribution in [2.24, 2.45) is 0 Å². The van der Waals surface area contributed by atoms with E-state index in [9.17, 15) is 0 Å². The fourth-order valence-corrected chi connectivity index (χ4v) is 8.83. The van der Waals surface area contributed by atoms with E-state index in [1.807, 2.05) is 6.07 Å². The number of nitrogens with zero attached hydrogens (tertiary/aromatic N) is 4. The normalized spacial score (nSPS) is 11.7. The summed E-state index contributed by atoms with van der Waals surface area (Å²) in [5.41, 5.74) is 11.7. The Morgan fingerprint density at radius 1 is 0.389 bits per heavy atom. The third-order valence-electron chi connectivity index (χ3n) is 10.5. The Morgan fingerprint density at radius 3 is 1.89 bits per heavy atom. The first kappa shape index (κ1) is 30.7. The molecular formula is C49H30N4S. The van der Waals surface area contributed by atoms with Crippen LogP contribution >= 0.6 is 11.3 Å². The number of hydrogen-bond donors (Lipinski definition) is 0. The van der Waals surface area contributed by atoms with Crippen molar-refractivity contribution in [1.82, 2.24) is 19.5 Å². The minimum atomic E-state index is 0.632. The lowest BCUT2D eigenvalue weighted by Gasteiger charge is -2.13. The summed E-state index contributed by atoms with van der Waals surface area (Å²) < 4.78 is 3.37. The maximum Gasteiger partial charge on any atom is 0.235 e. The molecule has 0 aliphatic carbocycles. The smallest absolute Gasteiger partial charge is 0.235 e. The molecule has 0 aliphatic heterocycles. The van der Waals surface area contributed by atoms with Crippen LogP contribution < -0.4 is 0 Å². The molecule has 0 saturated heterocycles. The first-order chi connectivity index (χ1) is 26.7. The zero-order chi connectivity index (χ0) is 35.6. The van der Waals surface area contributed by atoms with Crippen molar-refractivity contribution >= 4 is 65.0 Å². The van der Waals surface area contributed by atoms with E-state index >= 15 is 0 Å². The van der Waals surface area contributed by atoms with Crippen molar-refractivity contribution in [3.63, 3.8) is 0 Å². The Labute approximate surface area is 315 Å². The molecule has 3 heterocycles. The Kier molecular flexibility index (Phi) is 7.00. The van der Waals surface area contributed by atoms with E-state index in [1.165, 1.54) is 33.0 Å². The second-order valence-corrected chi connectivity index (χ2v) is 14.7. The Morgan fingerprint density at radius 2 is 1.06 bits per heavy atom. The molecule has 3 aromatic heterocycles. The van der Waals surface area contributed by atoms with E-state index in [-0.39, 0.29) is 0 Å². The molecule has 0 radical (unpaired) electrons. The first-order valence-electron chi connectivity index (χ1n) is 18.1. The van der Waals surface area contributed by atoms with Gasteiger partial charge in [-0.05, 0) is 63.4 Å². The van der Waals surface area contributed by atoms with E-state index in [0.29, 0.717) is 5.95 Å². The summed E-state index contributed by atoms with van der Waals surface area (Å²) in [7, 11) is 0. The molecule has 8 aromatic carbocycles. The highest BCUT2D eigenvalue weighted by Crippen LogP contribution is 2.40. The van der Waals surface area contributed by atoms with Crippen LogP contribution in [0.4, 0.5) is 0 Å². The molecule has 11 rings (SSSR count). The van der Waals surface area contributed by atoms with Crippen LogP contribution in [0.3, 0.4) is 0 Å². The van der Waals surface area contributed by atoms with E-state index in [0.717, 1.165) is 64.8 Å². The van der Waals surface area contributed by atoms with Crippen LogP contribution in [0.1, 0.15) is 0 Å². The van der Waals surface area contributed by atoms with Crippen molar-refractivity contribution in [2.45, 2.75) is 0 Å². The van der Waals surface area contributed by atoms with Gasteiger partial charge >= 0.3 is 0 Å². The van der Waals surface area contributed by atoms with Gasteiger partial charge in [-0.15, -0.1) is 11.3 Å². The molecule has 252 valence electrons. The van der Waals surface area contributed by atoms with Crippen LogP contribution in [0.2, 0.25) is 0 Å². The Balaban J connectivity index is 1.13. The number of benzene rings is 8. The van der Waals surface area contributed by atoms with Crippen LogP contribution in [0, 0.1) is 0 Å². The number of hydrogen-bond acceptors (Lipinski definition) is 4. The first-order valence-corrected chi connectivity index (χ1v) is 18.9. The maximum absolute atomic E-state index is 5.41. The van der Waals surface area contributed by atoms with Crippen molar-refractivity contribution < 1.29 is 0 Å². The quantitative estimate of drug-likeness (QED) is 0.179. The third-order valence-corrected chi connectivity index (χ3v) is 11.5. The van der Waals surface area contributed by atoms with Crippen LogP contribution in [0.15, 0.2) is 182 Å². The van der Waals surface area contributed by atoms with Gasteiger partial charge in [-0.2, -0.15) is 0 Å². The summed E-state index contributed by atoms with van der Waals surface area (Å²) in [4.78, 5) is 15.8. The number of thiazole rings is 1. The molecule has 0 fully saturated rings. The topological polar surface area (TPSA) is 43.6 Å². The van der Waals surface area contributed by atoms with Crippen LogP contribution in [0.25, 0.3) is 104 Å². The Hall–Kier alpha value is -6.95. The van der Waals surface area contributed by atoms with Crippen LogP contribution in [-0.4, -0.2) is 19.5 Å². The monoisotopic (exact) mass is 706 g/mol. The van der Waals surface area contributed by atoms with Gasteiger partial charge in [-0.25, -0.2) is 15.0 Å². The molecular weight excluding hydrogens is 677 g/mol. The average molecular weight is 707 g/mol. The molecule has 5 heteroatoms. The van der Waals surface area contributed by atoms with Gasteiger partial charge < -0.3 is 0 Å². The van der Waals surface area contributed by atoms with Crippen molar-refractivity contribution in [1.29, 1.82) is 0 Å². The lowest BCUT2D eigenvalue weighted by atomic mass is 9.96. The summed E-state index contributed by atoms with van der Waals surface area (Å²) in [6.07, 6.45) is 0. The second kappa shape index (κ2) is 12.3. The molecule has 0 aliphatic rings. The predicted molar refractivity (Wildman–Crippen MR) is 226 cm³/mol. The van der Waals surface area contributed by atoms with Crippen molar-refractivity contribution in [2.75, 3.05) is 0 Å². The predicted octanol–water partition coefficient (Wildman–Crippen LogP) is 13.2. The lowest BCUT2D eigenvalue weighted by Crippen LogP contribution is -2.03. The summed E-state index contributed by atoms with van der Waals surface area (Å²) in [5.74, 6) is 0.632. The zero-order valence-corrected chi connectivity index (χ0v) is 29.8. The molecule has 0 unspecified atom stereocenters. The van der Waals surface area contributed by atoms with Crippen LogP contribution in [0.5, 0.6) is 0 Å². The third kappa shape index (κ3) is 5.01. The summed E-state index contributed by atoms with van der Waals surface area (Å²) in [6, 6.07) is 64.4. The lowest BCUT2D eigenvalue weighted by molar-refractivity contribution is 1.01. The minimum absolute atomic E-state index is 0.632. The van der Waals surface area contributed by atoms with Gasteiger partial charge in [0, 0.05) is 27.3 Å². The molecule has 0 atom stereocenters. The molecule has 0 saturated carbocycles. The molecule has 11 aromatic rings. The van der Waals surface area contributed by atoms with Crippen molar-refractivity contribution in [3.05, 3.63) is 182 Å². The fraction of sp³-hybridized carbons (Fsp3) is 0. The van der Waals surface area contributed by atoms with Gasteiger partial charge in [0.25, 0.3) is 0 Å². The maximum atomic E-state index is 5.41.